The lowest BCUT2D eigenvalue weighted by Gasteiger charge is -2.01. The molecule has 0 radical (unpaired) electrons. The first-order valence-corrected chi connectivity index (χ1v) is 5.32. The molecule has 14 heavy (non-hydrogen) atoms. The zero-order chi connectivity index (χ0) is 9.97. The van der Waals surface area contributed by atoms with Crippen molar-refractivity contribution < 1.29 is 0 Å². The van der Waals surface area contributed by atoms with E-state index >= 15 is 0 Å². The second-order valence-corrected chi connectivity index (χ2v) is 4.51. The molecule has 4 nitrogen and oxygen atoms in total. The number of aryl methyl sites for hydroxylation is 2. The summed E-state index contributed by atoms with van der Waals surface area (Å²) in [4.78, 5) is 9.06. The molecule has 2 rings (SSSR count). The van der Waals surface area contributed by atoms with Crippen molar-refractivity contribution in [3.63, 3.8) is 0 Å². The van der Waals surface area contributed by atoms with Crippen molar-refractivity contribution in [1.29, 1.82) is 0 Å². The maximum Gasteiger partial charge on any atom is 0.200 e. The first kappa shape index (κ1) is 9.48. The molecule has 0 aliphatic heterocycles. The summed E-state index contributed by atoms with van der Waals surface area (Å²) in [5, 5.41) is 0. The number of anilines is 1. The Balaban J connectivity index is 1.98. The number of halogens is 1. The number of aromatic nitrogens is 3. The van der Waals surface area contributed by atoms with E-state index in [1.165, 1.54) is 11.3 Å². The fraction of sp³-hybridized carbons (Fsp3) is 0.250. The number of thiazole rings is 1. The number of rotatable bonds is 3. The molecule has 2 N–H and O–H groups in total. The maximum absolute atomic E-state index is 5.72. The molecule has 74 valence electrons. The van der Waals surface area contributed by atoms with E-state index in [4.69, 9.17) is 17.3 Å². The fourth-order valence-corrected chi connectivity index (χ4v) is 2.13. The molecule has 0 aliphatic carbocycles. The van der Waals surface area contributed by atoms with E-state index in [0.717, 1.165) is 17.8 Å². The number of nitrogens with two attached hydrogens (primary N) is 1. The minimum absolute atomic E-state index is 0.542. The van der Waals surface area contributed by atoms with Gasteiger partial charge in [0.05, 0.1) is 0 Å². The van der Waals surface area contributed by atoms with E-state index in [0.29, 0.717) is 10.4 Å². The fourth-order valence-electron chi connectivity index (χ4n) is 1.16. The number of nitrogen functional groups attached to an aromatic ring is 1. The predicted octanol–water partition coefficient (Wildman–Crippen LogP) is 1.82. The van der Waals surface area contributed by atoms with Crippen molar-refractivity contribution in [2.45, 2.75) is 13.0 Å². The van der Waals surface area contributed by atoms with Gasteiger partial charge in [0.1, 0.15) is 0 Å². The van der Waals surface area contributed by atoms with E-state index in [-0.39, 0.29) is 0 Å². The van der Waals surface area contributed by atoms with Crippen LogP contribution >= 0.6 is 22.9 Å². The molecule has 0 saturated heterocycles. The molecule has 0 saturated carbocycles. The Kier molecular flexibility index (Phi) is 2.69. The van der Waals surface area contributed by atoms with Gasteiger partial charge >= 0.3 is 0 Å². The van der Waals surface area contributed by atoms with Gasteiger partial charge in [0.15, 0.2) is 10.4 Å². The smallest absolute Gasteiger partial charge is 0.200 e. The zero-order valence-corrected chi connectivity index (χ0v) is 8.92. The summed E-state index contributed by atoms with van der Waals surface area (Å²) >= 11 is 7.21. The molecule has 0 unspecified atom stereocenters. The van der Waals surface area contributed by atoms with E-state index in [2.05, 4.69) is 9.97 Å². The first-order valence-electron chi connectivity index (χ1n) is 4.12. The summed E-state index contributed by atoms with van der Waals surface area (Å²) in [6.45, 7) is 0.810. The summed E-state index contributed by atoms with van der Waals surface area (Å²) in [6.07, 6.45) is 6.22. The Labute approximate surface area is 90.4 Å². The molecule has 0 spiro atoms. The van der Waals surface area contributed by atoms with Crippen LogP contribution in [0.5, 0.6) is 0 Å². The SMILES string of the molecule is Nc1nccn1CCc1cnc(Cl)s1. The first-order chi connectivity index (χ1) is 6.75. The Hall–Kier alpha value is -1.07. The number of hydrogen-bond donors (Lipinski definition) is 1. The lowest BCUT2D eigenvalue weighted by atomic mass is 10.4. The van der Waals surface area contributed by atoms with E-state index < -0.39 is 0 Å². The van der Waals surface area contributed by atoms with Crippen LogP contribution in [0.1, 0.15) is 4.88 Å². The largest absolute Gasteiger partial charge is 0.369 e. The van der Waals surface area contributed by atoms with E-state index in [1.54, 1.807) is 12.4 Å². The van der Waals surface area contributed by atoms with Crippen molar-refractivity contribution >= 4 is 28.9 Å². The minimum atomic E-state index is 0.542. The van der Waals surface area contributed by atoms with Crippen LogP contribution in [-0.2, 0) is 13.0 Å². The van der Waals surface area contributed by atoms with Gasteiger partial charge in [-0.25, -0.2) is 9.97 Å². The molecule has 0 fully saturated rings. The molecule has 6 heteroatoms. The average Bonchev–Trinajstić information content (AvgIpc) is 2.72. The third kappa shape index (κ3) is 2.05. The van der Waals surface area contributed by atoms with Crippen LogP contribution in [0.15, 0.2) is 18.6 Å². The Morgan fingerprint density at radius 1 is 1.50 bits per heavy atom. The molecule has 0 amide bonds. The summed E-state index contributed by atoms with van der Waals surface area (Å²) < 4.78 is 2.48. The number of hydrogen-bond acceptors (Lipinski definition) is 4. The normalized spacial score (nSPS) is 10.6. The Morgan fingerprint density at radius 2 is 2.36 bits per heavy atom. The molecule has 0 aromatic carbocycles. The number of nitrogens with zero attached hydrogens (tertiary/aromatic N) is 3. The van der Waals surface area contributed by atoms with Crippen molar-refractivity contribution in [3.05, 3.63) is 27.9 Å². The Bertz CT molecular complexity index is 422. The summed E-state index contributed by atoms with van der Waals surface area (Å²) in [7, 11) is 0. The van der Waals surface area contributed by atoms with Crippen LogP contribution in [0, 0.1) is 0 Å². The zero-order valence-electron chi connectivity index (χ0n) is 7.35. The molecule has 2 aromatic heterocycles. The van der Waals surface area contributed by atoms with Gasteiger partial charge < -0.3 is 10.3 Å². The molecule has 2 aromatic rings. The molecular weight excluding hydrogens is 220 g/mol. The van der Waals surface area contributed by atoms with Gasteiger partial charge in [-0.3, -0.25) is 0 Å². The summed E-state index contributed by atoms with van der Waals surface area (Å²) in [6, 6.07) is 0. The predicted molar refractivity (Wildman–Crippen MR) is 57.5 cm³/mol. The molecule has 0 bridgehead atoms. The molecule has 0 aliphatic rings. The minimum Gasteiger partial charge on any atom is -0.369 e. The average molecular weight is 229 g/mol. The van der Waals surface area contributed by atoms with Crippen LogP contribution < -0.4 is 5.73 Å². The number of imidazole rings is 1. The van der Waals surface area contributed by atoms with Crippen LogP contribution in [0.3, 0.4) is 0 Å². The lowest BCUT2D eigenvalue weighted by molar-refractivity contribution is 0.711. The Morgan fingerprint density at radius 3 is 2.93 bits per heavy atom. The van der Waals surface area contributed by atoms with Crippen molar-refractivity contribution in [2.75, 3.05) is 5.73 Å². The van der Waals surface area contributed by atoms with Crippen LogP contribution in [-0.4, -0.2) is 14.5 Å². The van der Waals surface area contributed by atoms with Crippen molar-refractivity contribution in [1.82, 2.24) is 14.5 Å². The van der Waals surface area contributed by atoms with Gasteiger partial charge in [-0.1, -0.05) is 11.6 Å². The highest BCUT2D eigenvalue weighted by molar-refractivity contribution is 7.15. The quantitative estimate of drug-likeness (QED) is 0.872. The lowest BCUT2D eigenvalue weighted by Crippen LogP contribution is -2.03. The second-order valence-electron chi connectivity index (χ2n) is 2.81. The van der Waals surface area contributed by atoms with Crippen LogP contribution in [0.2, 0.25) is 4.47 Å². The van der Waals surface area contributed by atoms with Gasteiger partial charge in [0.25, 0.3) is 0 Å². The van der Waals surface area contributed by atoms with Crippen molar-refractivity contribution in [3.8, 4) is 0 Å². The molecule has 2 heterocycles. The monoisotopic (exact) mass is 228 g/mol. The molecular formula is C8H9ClN4S. The van der Waals surface area contributed by atoms with Gasteiger partial charge in [-0.15, -0.1) is 11.3 Å². The third-order valence-corrected chi connectivity index (χ3v) is 3.05. The van der Waals surface area contributed by atoms with E-state index in [9.17, 15) is 0 Å². The van der Waals surface area contributed by atoms with Gasteiger partial charge in [-0.05, 0) is 0 Å². The van der Waals surface area contributed by atoms with Crippen molar-refractivity contribution in [2.24, 2.45) is 0 Å². The van der Waals surface area contributed by atoms with Crippen LogP contribution in [0.4, 0.5) is 5.95 Å². The van der Waals surface area contributed by atoms with Gasteiger partial charge in [-0.2, -0.15) is 0 Å². The maximum atomic E-state index is 5.72. The summed E-state index contributed by atoms with van der Waals surface area (Å²) in [5.74, 6) is 0.542. The van der Waals surface area contributed by atoms with Crippen LogP contribution in [0.25, 0.3) is 0 Å². The third-order valence-electron chi connectivity index (χ3n) is 1.87. The summed E-state index contributed by atoms with van der Waals surface area (Å²) in [5.41, 5.74) is 5.62. The highest BCUT2D eigenvalue weighted by Crippen LogP contribution is 2.18. The molecule has 0 atom stereocenters. The van der Waals surface area contributed by atoms with Gasteiger partial charge in [0, 0.05) is 36.4 Å². The second kappa shape index (κ2) is 3.98. The van der Waals surface area contributed by atoms with E-state index in [1.807, 2.05) is 10.8 Å². The van der Waals surface area contributed by atoms with Gasteiger partial charge in [0.2, 0.25) is 0 Å². The highest BCUT2D eigenvalue weighted by atomic mass is 35.5. The topological polar surface area (TPSA) is 56.7 Å². The standard InChI is InChI=1S/C8H9ClN4S/c9-7-12-5-6(14-7)1-3-13-4-2-11-8(13)10/h2,4-5H,1,3H2,(H2,10,11). The highest BCUT2D eigenvalue weighted by Gasteiger charge is 2.01.